The fourth-order valence-electron chi connectivity index (χ4n) is 0.666. The van der Waals surface area contributed by atoms with Crippen molar-refractivity contribution in [3.05, 3.63) is 12.2 Å². The predicted octanol–water partition coefficient (Wildman–Crippen LogP) is -1.49. The lowest BCUT2D eigenvalue weighted by molar-refractivity contribution is -0.265. The number of rotatable bonds is 4. The zero-order chi connectivity index (χ0) is 14.5. The van der Waals surface area contributed by atoms with Gasteiger partial charge in [-0.25, -0.2) is 18.7 Å². The Morgan fingerprint density at radius 1 is 1.16 bits per heavy atom. The molecule has 2 N–H and O–H groups in total. The van der Waals surface area contributed by atoms with Gasteiger partial charge in [-0.15, -0.1) is 0 Å². The monoisotopic (exact) mass is 298 g/mol. The maximum absolute atomic E-state index is 11.6. The summed E-state index contributed by atoms with van der Waals surface area (Å²) in [6.07, 6.45) is -3.44. The number of aliphatic hydroxyl groups is 2. The van der Waals surface area contributed by atoms with Crippen LogP contribution >= 0.6 is 7.82 Å². The smallest absolute Gasteiger partial charge is 0.380 e. The average Bonchev–Trinajstić information content (AvgIpc) is 2.44. The maximum Gasteiger partial charge on any atom is 0.549 e. The zero-order valence-corrected chi connectivity index (χ0v) is 9.80. The Morgan fingerprint density at radius 2 is 1.63 bits per heavy atom. The molecular formula is C7H7O11P. The van der Waals surface area contributed by atoms with Gasteiger partial charge in [0.1, 0.15) is 0 Å². The first-order valence-corrected chi connectivity index (χ1v) is 5.91. The molecule has 0 spiro atoms. The second-order valence-electron chi connectivity index (χ2n) is 2.86. The number of hydrogen-bond acceptors (Lipinski definition) is 11. The molecule has 19 heavy (non-hydrogen) atoms. The molecule has 12 heteroatoms. The summed E-state index contributed by atoms with van der Waals surface area (Å²) in [7, 11) is -4.91. The molecule has 1 aliphatic heterocycles. The molecule has 11 nitrogen and oxygen atoms in total. The molecule has 2 atom stereocenters. The van der Waals surface area contributed by atoms with E-state index in [2.05, 4.69) is 23.6 Å². The van der Waals surface area contributed by atoms with E-state index in [4.69, 9.17) is 10.2 Å². The van der Waals surface area contributed by atoms with Gasteiger partial charge < -0.3 is 15.0 Å². The summed E-state index contributed by atoms with van der Waals surface area (Å²) in [6, 6.07) is 0. The quantitative estimate of drug-likeness (QED) is 0.270. The van der Waals surface area contributed by atoms with Gasteiger partial charge in [-0.3, -0.25) is 9.78 Å². The van der Waals surface area contributed by atoms with Crippen LogP contribution in [0.5, 0.6) is 0 Å². The number of hydrogen-bond donors (Lipinski definition) is 2. The number of carbonyl (C=O) groups excluding carboxylic acids is 3. The third-order valence-corrected chi connectivity index (χ3v) is 2.43. The van der Waals surface area contributed by atoms with Crippen LogP contribution in [-0.4, -0.2) is 40.8 Å². The van der Waals surface area contributed by atoms with Crippen molar-refractivity contribution in [3.63, 3.8) is 0 Å². The van der Waals surface area contributed by atoms with Crippen molar-refractivity contribution in [2.45, 2.75) is 12.4 Å². The second-order valence-corrected chi connectivity index (χ2v) is 4.26. The minimum Gasteiger partial charge on any atom is -0.380 e. The fourth-order valence-corrected chi connectivity index (χ4v) is 1.48. The van der Waals surface area contributed by atoms with E-state index in [0.717, 1.165) is 0 Å². The Kier molecular flexibility index (Phi) is 5.30. The Balaban J connectivity index is 2.78. The van der Waals surface area contributed by atoms with Gasteiger partial charge in [-0.1, -0.05) is 9.35 Å². The molecule has 0 bridgehead atoms. The van der Waals surface area contributed by atoms with Gasteiger partial charge in [0.25, 0.3) is 0 Å². The normalized spacial score (nSPS) is 23.9. The Labute approximate surface area is 104 Å². The predicted molar refractivity (Wildman–Crippen MR) is 50.3 cm³/mol. The minimum atomic E-state index is -4.91. The van der Waals surface area contributed by atoms with Crippen molar-refractivity contribution in [3.8, 4) is 0 Å². The van der Waals surface area contributed by atoms with Gasteiger partial charge in [0.05, 0.1) is 0 Å². The molecule has 1 aliphatic rings. The number of phosphoric acid groups is 1. The van der Waals surface area contributed by atoms with Crippen molar-refractivity contribution < 1.29 is 52.8 Å². The first kappa shape index (κ1) is 15.4. The summed E-state index contributed by atoms with van der Waals surface area (Å²) in [6.45, 7) is 0. The molecule has 0 aromatic rings. The van der Waals surface area contributed by atoms with Crippen LogP contribution < -0.4 is 0 Å². The zero-order valence-electron chi connectivity index (χ0n) is 8.90. The lowest BCUT2D eigenvalue weighted by Crippen LogP contribution is -2.29. The number of aldehydes is 1. The summed E-state index contributed by atoms with van der Waals surface area (Å²) in [4.78, 5) is 39.6. The lowest BCUT2D eigenvalue weighted by atomic mass is 10.4. The van der Waals surface area contributed by atoms with Crippen LogP contribution in [0, 0.1) is 0 Å². The molecule has 0 fully saturated rings. The Morgan fingerprint density at radius 3 is 2.05 bits per heavy atom. The fraction of sp³-hybridized carbons (Fsp3) is 0.286. The molecule has 1 heterocycles. The summed E-state index contributed by atoms with van der Waals surface area (Å²) in [5, 5.41) is 17.9. The maximum atomic E-state index is 11.6. The number of aliphatic hydroxyl groups excluding tert-OH is 2. The highest BCUT2D eigenvalue weighted by molar-refractivity contribution is 7.48. The van der Waals surface area contributed by atoms with Crippen LogP contribution in [0.2, 0.25) is 0 Å². The third-order valence-electron chi connectivity index (χ3n) is 1.45. The van der Waals surface area contributed by atoms with Crippen LogP contribution in [0.1, 0.15) is 0 Å². The van der Waals surface area contributed by atoms with Crippen molar-refractivity contribution in [1.82, 2.24) is 0 Å². The van der Waals surface area contributed by atoms with E-state index in [-0.39, 0.29) is 6.29 Å². The van der Waals surface area contributed by atoms with Crippen molar-refractivity contribution in [2.75, 3.05) is 0 Å². The average molecular weight is 298 g/mol. The molecule has 0 radical (unpaired) electrons. The molecular weight excluding hydrogens is 291 g/mol. The van der Waals surface area contributed by atoms with E-state index in [1.807, 2.05) is 0 Å². The van der Waals surface area contributed by atoms with Gasteiger partial charge in [0.15, 0.2) is 18.7 Å². The molecule has 0 aromatic heterocycles. The topological polar surface area (TPSA) is 155 Å². The molecule has 0 amide bonds. The van der Waals surface area contributed by atoms with E-state index in [0.29, 0.717) is 12.2 Å². The molecule has 0 aliphatic carbocycles. The molecule has 2 unspecified atom stereocenters. The highest BCUT2D eigenvalue weighted by atomic mass is 31.2. The minimum absolute atomic E-state index is 0.146. The lowest BCUT2D eigenvalue weighted by Gasteiger charge is -2.18. The van der Waals surface area contributed by atoms with Crippen LogP contribution in [0.15, 0.2) is 12.2 Å². The molecule has 0 aromatic carbocycles. The van der Waals surface area contributed by atoms with Gasteiger partial charge in [0, 0.05) is 12.2 Å². The molecule has 0 saturated heterocycles. The second kappa shape index (κ2) is 6.52. The molecule has 1 rings (SSSR count). The van der Waals surface area contributed by atoms with Crippen LogP contribution in [-0.2, 0) is 42.6 Å². The van der Waals surface area contributed by atoms with Gasteiger partial charge in [0.2, 0.25) is 0 Å². The van der Waals surface area contributed by atoms with Gasteiger partial charge in [-0.05, 0) is 0 Å². The highest BCUT2D eigenvalue weighted by Gasteiger charge is 2.39. The Bertz CT molecular complexity index is 416. The van der Waals surface area contributed by atoms with E-state index in [9.17, 15) is 18.9 Å². The first-order chi connectivity index (χ1) is 8.86. The highest BCUT2D eigenvalue weighted by Crippen LogP contribution is 2.51. The van der Waals surface area contributed by atoms with E-state index in [1.54, 1.807) is 0 Å². The van der Waals surface area contributed by atoms with Crippen LogP contribution in [0.4, 0.5) is 0 Å². The van der Waals surface area contributed by atoms with Crippen LogP contribution in [0.3, 0.4) is 0 Å². The van der Waals surface area contributed by atoms with Crippen LogP contribution in [0.25, 0.3) is 0 Å². The van der Waals surface area contributed by atoms with Gasteiger partial charge >= 0.3 is 19.8 Å². The summed E-state index contributed by atoms with van der Waals surface area (Å²) < 4.78 is 23.6. The van der Waals surface area contributed by atoms with Gasteiger partial charge in [-0.2, -0.15) is 0 Å². The van der Waals surface area contributed by atoms with E-state index < -0.39 is 32.2 Å². The van der Waals surface area contributed by atoms with Crippen molar-refractivity contribution in [2.24, 2.45) is 0 Å². The summed E-state index contributed by atoms with van der Waals surface area (Å²) >= 11 is 0. The first-order valence-electron chi connectivity index (χ1n) is 4.45. The summed E-state index contributed by atoms with van der Waals surface area (Å²) in [5.41, 5.74) is 0. The summed E-state index contributed by atoms with van der Waals surface area (Å²) in [5.74, 6) is -2.51. The standard InChI is InChI=1S/C7H7O11P/c8-3-4(9)7(12)16-19(13)17-14-5(10)1-2-6(11)15-18-19/h1-4,7,9,12H/b2-1-. The van der Waals surface area contributed by atoms with Crippen molar-refractivity contribution in [1.29, 1.82) is 0 Å². The number of carbonyl (C=O) groups is 3. The molecule has 106 valence electrons. The SMILES string of the molecule is O=CC(O)C(O)OP1(=O)OOC(=O)/C=C\C(=O)OO1. The van der Waals surface area contributed by atoms with E-state index in [1.165, 1.54) is 0 Å². The molecule has 0 saturated carbocycles. The third kappa shape index (κ3) is 4.87. The van der Waals surface area contributed by atoms with Crippen molar-refractivity contribution >= 4 is 26.0 Å². The Hall–Kier alpha value is -1.62. The van der Waals surface area contributed by atoms with E-state index >= 15 is 0 Å². The largest absolute Gasteiger partial charge is 0.549 e.